The molecule has 11 heteroatoms. The summed E-state index contributed by atoms with van der Waals surface area (Å²) in [4.78, 5) is 51.1. The molecule has 0 aliphatic carbocycles. The monoisotopic (exact) mass is 517 g/mol. The molecule has 0 bridgehead atoms. The third kappa shape index (κ3) is 6.34. The number of halogens is 1. The van der Waals surface area contributed by atoms with Crippen molar-refractivity contribution in [1.82, 2.24) is 15.5 Å². The second-order valence-corrected chi connectivity index (χ2v) is 8.81. The number of benzene rings is 2. The van der Waals surface area contributed by atoms with E-state index in [1.165, 1.54) is 21.1 Å². The van der Waals surface area contributed by atoms with Gasteiger partial charge in [0.1, 0.15) is 6.04 Å². The SMILES string of the molecule is COc1ccc(C=C2SC(=O)N(CCNC(=O)[C@H](C)NC(=O)c3ccccc3Cl)C2=O)cc1OC. The molecule has 3 rings (SSSR count). The van der Waals surface area contributed by atoms with Crippen LogP contribution in [0.5, 0.6) is 11.5 Å². The number of nitrogens with zero attached hydrogens (tertiary/aromatic N) is 1. The maximum Gasteiger partial charge on any atom is 0.293 e. The van der Waals surface area contributed by atoms with E-state index in [9.17, 15) is 19.2 Å². The number of carbonyl (C=O) groups excluding carboxylic acids is 4. The Kier molecular flexibility index (Phi) is 8.78. The van der Waals surface area contributed by atoms with Crippen molar-refractivity contribution >= 4 is 52.4 Å². The quantitative estimate of drug-likeness (QED) is 0.490. The van der Waals surface area contributed by atoms with E-state index in [2.05, 4.69) is 10.6 Å². The van der Waals surface area contributed by atoms with E-state index >= 15 is 0 Å². The van der Waals surface area contributed by atoms with Crippen molar-refractivity contribution < 1.29 is 28.7 Å². The van der Waals surface area contributed by atoms with Crippen LogP contribution in [0.25, 0.3) is 6.08 Å². The van der Waals surface area contributed by atoms with Crippen molar-refractivity contribution in [3.63, 3.8) is 0 Å². The minimum Gasteiger partial charge on any atom is -0.493 e. The highest BCUT2D eigenvalue weighted by Crippen LogP contribution is 2.34. The van der Waals surface area contributed by atoms with Gasteiger partial charge in [-0.05, 0) is 54.6 Å². The normalized spacial score (nSPS) is 15.2. The van der Waals surface area contributed by atoms with Gasteiger partial charge in [-0.3, -0.25) is 24.1 Å². The maximum atomic E-state index is 12.7. The van der Waals surface area contributed by atoms with Crippen LogP contribution in [0.15, 0.2) is 47.4 Å². The number of thioether (sulfide) groups is 1. The summed E-state index contributed by atoms with van der Waals surface area (Å²) < 4.78 is 10.5. The number of carbonyl (C=O) groups is 4. The van der Waals surface area contributed by atoms with Crippen LogP contribution in [0.3, 0.4) is 0 Å². The number of nitrogens with one attached hydrogen (secondary N) is 2. The van der Waals surface area contributed by atoms with Gasteiger partial charge in [-0.25, -0.2) is 0 Å². The molecule has 0 spiro atoms. The number of ether oxygens (including phenoxy) is 2. The summed E-state index contributed by atoms with van der Waals surface area (Å²) in [7, 11) is 3.03. The van der Waals surface area contributed by atoms with Crippen molar-refractivity contribution in [2.24, 2.45) is 0 Å². The van der Waals surface area contributed by atoms with Crippen LogP contribution < -0.4 is 20.1 Å². The number of imide groups is 1. The van der Waals surface area contributed by atoms with Gasteiger partial charge < -0.3 is 20.1 Å². The van der Waals surface area contributed by atoms with E-state index in [-0.39, 0.29) is 28.6 Å². The van der Waals surface area contributed by atoms with Gasteiger partial charge in [0, 0.05) is 13.1 Å². The molecule has 35 heavy (non-hydrogen) atoms. The summed E-state index contributed by atoms with van der Waals surface area (Å²) in [6.07, 6.45) is 1.59. The predicted molar refractivity (Wildman–Crippen MR) is 134 cm³/mol. The lowest BCUT2D eigenvalue weighted by Gasteiger charge is -2.16. The maximum absolute atomic E-state index is 12.7. The van der Waals surface area contributed by atoms with Crippen molar-refractivity contribution in [2.75, 3.05) is 27.3 Å². The van der Waals surface area contributed by atoms with E-state index in [0.717, 1.165) is 16.7 Å². The van der Waals surface area contributed by atoms with Gasteiger partial charge in [0.25, 0.3) is 17.1 Å². The van der Waals surface area contributed by atoms with Gasteiger partial charge in [-0.2, -0.15) is 0 Å². The summed E-state index contributed by atoms with van der Waals surface area (Å²) in [5.74, 6) is -0.350. The van der Waals surface area contributed by atoms with Gasteiger partial charge >= 0.3 is 0 Å². The Hall–Kier alpha value is -3.50. The zero-order valence-electron chi connectivity index (χ0n) is 19.3. The topological polar surface area (TPSA) is 114 Å². The average molecular weight is 518 g/mol. The summed E-state index contributed by atoms with van der Waals surface area (Å²) in [6, 6.07) is 10.8. The first-order chi connectivity index (χ1) is 16.7. The van der Waals surface area contributed by atoms with Gasteiger partial charge in [0.15, 0.2) is 11.5 Å². The Morgan fingerprint density at radius 3 is 2.51 bits per heavy atom. The Labute approximate surface area is 211 Å². The van der Waals surface area contributed by atoms with Crippen molar-refractivity contribution in [3.05, 3.63) is 63.5 Å². The lowest BCUT2D eigenvalue weighted by Crippen LogP contribution is -2.47. The molecule has 9 nitrogen and oxygen atoms in total. The first-order valence-electron chi connectivity index (χ1n) is 10.6. The number of hydrogen-bond donors (Lipinski definition) is 2. The van der Waals surface area contributed by atoms with Crippen molar-refractivity contribution in [1.29, 1.82) is 0 Å². The van der Waals surface area contributed by atoms with Crippen molar-refractivity contribution in [3.8, 4) is 11.5 Å². The molecular formula is C24H24ClN3O6S. The zero-order valence-corrected chi connectivity index (χ0v) is 20.9. The van der Waals surface area contributed by atoms with Gasteiger partial charge in [0.05, 0.1) is 29.7 Å². The lowest BCUT2D eigenvalue weighted by atomic mass is 10.2. The molecule has 4 amide bonds. The zero-order chi connectivity index (χ0) is 25.5. The summed E-state index contributed by atoms with van der Waals surface area (Å²) in [6.45, 7) is 1.55. The highest BCUT2D eigenvalue weighted by molar-refractivity contribution is 8.18. The van der Waals surface area contributed by atoms with Crippen LogP contribution in [0.1, 0.15) is 22.8 Å². The largest absolute Gasteiger partial charge is 0.493 e. The third-order valence-corrected chi connectivity index (χ3v) is 6.31. The van der Waals surface area contributed by atoms with Crippen molar-refractivity contribution in [2.45, 2.75) is 13.0 Å². The van der Waals surface area contributed by atoms with Gasteiger partial charge in [-0.1, -0.05) is 29.8 Å². The number of rotatable bonds is 9. The molecular weight excluding hydrogens is 494 g/mol. The molecule has 1 atom stereocenters. The molecule has 0 saturated carbocycles. The molecule has 1 fully saturated rings. The smallest absolute Gasteiger partial charge is 0.293 e. The summed E-state index contributed by atoms with van der Waals surface area (Å²) in [5, 5.41) is 5.03. The Balaban J connectivity index is 1.54. The van der Waals surface area contributed by atoms with Crippen LogP contribution in [-0.2, 0) is 9.59 Å². The van der Waals surface area contributed by atoms with Crippen LogP contribution in [0, 0.1) is 0 Å². The molecule has 184 valence electrons. The van der Waals surface area contributed by atoms with Gasteiger partial charge in [-0.15, -0.1) is 0 Å². The molecule has 1 aliphatic rings. The number of amides is 4. The van der Waals surface area contributed by atoms with E-state index in [4.69, 9.17) is 21.1 Å². The first-order valence-corrected chi connectivity index (χ1v) is 11.7. The summed E-state index contributed by atoms with van der Waals surface area (Å²) in [5.41, 5.74) is 0.928. The second-order valence-electron chi connectivity index (χ2n) is 7.41. The van der Waals surface area contributed by atoms with Crippen LogP contribution >= 0.6 is 23.4 Å². The fourth-order valence-corrected chi connectivity index (χ4v) is 4.30. The van der Waals surface area contributed by atoms with E-state index in [1.54, 1.807) is 48.5 Å². The molecule has 0 aromatic heterocycles. The molecule has 0 radical (unpaired) electrons. The highest BCUT2D eigenvalue weighted by Gasteiger charge is 2.34. The fourth-order valence-electron chi connectivity index (χ4n) is 3.22. The third-order valence-electron chi connectivity index (χ3n) is 5.07. The van der Waals surface area contributed by atoms with Crippen LogP contribution in [0.2, 0.25) is 5.02 Å². The molecule has 1 saturated heterocycles. The molecule has 2 aromatic rings. The van der Waals surface area contributed by atoms with Crippen LogP contribution in [0.4, 0.5) is 4.79 Å². The molecule has 1 aliphatic heterocycles. The molecule has 2 aromatic carbocycles. The Bertz CT molecular complexity index is 1190. The first kappa shape index (κ1) is 26.1. The van der Waals surface area contributed by atoms with E-state index in [1.807, 2.05) is 0 Å². The van der Waals surface area contributed by atoms with Gasteiger partial charge in [0.2, 0.25) is 5.91 Å². The minimum absolute atomic E-state index is 0.00907. The highest BCUT2D eigenvalue weighted by atomic mass is 35.5. The Morgan fingerprint density at radius 2 is 1.83 bits per heavy atom. The van der Waals surface area contributed by atoms with E-state index < -0.39 is 29.0 Å². The second kappa shape index (κ2) is 11.8. The summed E-state index contributed by atoms with van der Waals surface area (Å²) >= 11 is 6.83. The Morgan fingerprint density at radius 1 is 1.11 bits per heavy atom. The molecule has 1 heterocycles. The van der Waals surface area contributed by atoms with E-state index in [0.29, 0.717) is 17.1 Å². The minimum atomic E-state index is -0.848. The van der Waals surface area contributed by atoms with Crippen LogP contribution in [-0.4, -0.2) is 61.2 Å². The number of hydrogen-bond acceptors (Lipinski definition) is 7. The number of methoxy groups -OCH3 is 2. The molecule has 2 N–H and O–H groups in total. The lowest BCUT2D eigenvalue weighted by molar-refractivity contribution is -0.124. The predicted octanol–water partition coefficient (Wildman–Crippen LogP) is 3.33. The fraction of sp³-hybridized carbons (Fsp3) is 0.250. The average Bonchev–Trinajstić information content (AvgIpc) is 3.11. The standard InChI is InChI=1S/C24H24ClN3O6S/c1-14(27-22(30)16-6-4-5-7-17(16)25)21(29)26-10-11-28-23(31)20(35-24(28)32)13-15-8-9-18(33-2)19(12-15)34-3/h4-9,12-14H,10-11H2,1-3H3,(H,26,29)(H,27,30)/t14-/m0/s1. The molecule has 0 unspecified atom stereocenters.